The highest BCUT2D eigenvalue weighted by molar-refractivity contribution is 6.00. The number of rotatable bonds is 6. The lowest BCUT2D eigenvalue weighted by molar-refractivity contribution is -0.123. The smallest absolute Gasteiger partial charge is 0.251 e. The number of carbonyl (C=O) groups is 3. The van der Waals surface area contributed by atoms with Crippen LogP contribution in [0.5, 0.6) is 0 Å². The molecule has 138 valence electrons. The summed E-state index contributed by atoms with van der Waals surface area (Å²) in [5, 5.41) is 8.46. The summed E-state index contributed by atoms with van der Waals surface area (Å²) < 4.78 is 0. The number of benzene rings is 1. The van der Waals surface area contributed by atoms with Crippen molar-refractivity contribution in [2.75, 3.05) is 31.6 Å². The van der Waals surface area contributed by atoms with E-state index >= 15 is 0 Å². The maximum atomic E-state index is 12.2. The molecule has 0 bridgehead atoms. The monoisotopic (exact) mass is 368 g/mol. The Morgan fingerprint density at radius 3 is 2.60 bits per heavy atom. The molecule has 1 unspecified atom stereocenters. The lowest BCUT2D eigenvalue weighted by atomic mass is 10.1. The van der Waals surface area contributed by atoms with Crippen LogP contribution in [-0.4, -0.2) is 50.4 Å². The normalized spacial score (nSPS) is 13.5. The molecule has 2 rings (SSSR count). The minimum atomic E-state index is -0.231. The average molecular weight is 369 g/mol. The molecule has 7 nitrogen and oxygen atoms in total. The number of nitrogens with zero attached hydrogens (tertiary/aromatic N) is 1. The zero-order chi connectivity index (χ0) is 17.7. The minimum absolute atomic E-state index is 0. The highest BCUT2D eigenvalue weighted by atomic mass is 35.5. The van der Waals surface area contributed by atoms with Crippen LogP contribution in [-0.2, 0) is 16.0 Å². The van der Waals surface area contributed by atoms with Gasteiger partial charge in [0, 0.05) is 37.3 Å². The molecule has 1 aliphatic rings. The zero-order valence-corrected chi connectivity index (χ0v) is 15.5. The predicted molar refractivity (Wildman–Crippen MR) is 99.3 cm³/mol. The summed E-state index contributed by atoms with van der Waals surface area (Å²) in [7, 11) is 1.85. The van der Waals surface area contributed by atoms with Crippen molar-refractivity contribution < 1.29 is 14.4 Å². The van der Waals surface area contributed by atoms with Crippen molar-refractivity contribution in [1.82, 2.24) is 16.0 Å². The number of fused-ring (bicyclic) bond motifs is 1. The van der Waals surface area contributed by atoms with Crippen molar-refractivity contribution in [3.05, 3.63) is 29.3 Å². The Morgan fingerprint density at radius 2 is 1.96 bits per heavy atom. The van der Waals surface area contributed by atoms with Crippen LogP contribution in [0, 0.1) is 0 Å². The van der Waals surface area contributed by atoms with E-state index in [9.17, 15) is 14.4 Å². The predicted octanol–water partition coefficient (Wildman–Crippen LogP) is 0.471. The minimum Gasteiger partial charge on any atom is -0.350 e. The number of likely N-dealkylation sites (N-methyl/N-ethyl adjacent to an activating group) is 1. The van der Waals surface area contributed by atoms with Gasteiger partial charge < -0.3 is 20.9 Å². The van der Waals surface area contributed by atoms with Gasteiger partial charge in [-0.2, -0.15) is 0 Å². The van der Waals surface area contributed by atoms with Crippen molar-refractivity contribution in [2.24, 2.45) is 0 Å². The van der Waals surface area contributed by atoms with Gasteiger partial charge in [-0.25, -0.2) is 0 Å². The molecule has 0 saturated heterocycles. The number of carbonyl (C=O) groups excluding carboxylic acids is 3. The molecule has 0 aliphatic carbocycles. The van der Waals surface area contributed by atoms with Crippen LogP contribution >= 0.6 is 12.4 Å². The summed E-state index contributed by atoms with van der Waals surface area (Å²) in [6.07, 6.45) is 0.704. The Morgan fingerprint density at radius 1 is 1.24 bits per heavy atom. The van der Waals surface area contributed by atoms with E-state index in [0.29, 0.717) is 25.1 Å². The molecule has 1 atom stereocenters. The number of hydrogen-bond acceptors (Lipinski definition) is 4. The van der Waals surface area contributed by atoms with E-state index in [1.807, 2.05) is 20.0 Å². The van der Waals surface area contributed by atoms with E-state index < -0.39 is 0 Å². The highest BCUT2D eigenvalue weighted by Crippen LogP contribution is 2.28. The molecule has 1 aromatic rings. The van der Waals surface area contributed by atoms with Crippen LogP contribution < -0.4 is 20.9 Å². The van der Waals surface area contributed by atoms with Gasteiger partial charge in [-0.05, 0) is 44.2 Å². The maximum absolute atomic E-state index is 12.2. The van der Waals surface area contributed by atoms with Gasteiger partial charge in [0.15, 0.2) is 0 Å². The van der Waals surface area contributed by atoms with Gasteiger partial charge in [-0.15, -0.1) is 12.4 Å². The first-order chi connectivity index (χ1) is 11.4. The van der Waals surface area contributed by atoms with Crippen LogP contribution in [0.15, 0.2) is 18.2 Å². The van der Waals surface area contributed by atoms with Crippen molar-refractivity contribution in [3.63, 3.8) is 0 Å². The highest BCUT2D eigenvalue weighted by Gasteiger charge is 2.25. The summed E-state index contributed by atoms with van der Waals surface area (Å²) in [4.78, 5) is 36.9. The molecule has 3 N–H and O–H groups in total. The van der Waals surface area contributed by atoms with Crippen molar-refractivity contribution in [2.45, 2.75) is 26.3 Å². The first kappa shape index (κ1) is 20.9. The first-order valence-corrected chi connectivity index (χ1v) is 8.05. The molecule has 8 heteroatoms. The molecule has 0 fully saturated rings. The van der Waals surface area contributed by atoms with Crippen molar-refractivity contribution >= 4 is 35.8 Å². The van der Waals surface area contributed by atoms with Crippen LogP contribution in [0.1, 0.15) is 29.8 Å². The number of hydrogen-bond donors (Lipinski definition) is 3. The number of halogens is 1. The molecule has 0 spiro atoms. The Bertz CT molecular complexity index is 651. The molecule has 25 heavy (non-hydrogen) atoms. The van der Waals surface area contributed by atoms with Crippen LogP contribution in [0.2, 0.25) is 0 Å². The Labute approximate surface area is 153 Å². The fourth-order valence-corrected chi connectivity index (χ4v) is 2.55. The van der Waals surface area contributed by atoms with Crippen molar-refractivity contribution in [1.29, 1.82) is 0 Å². The molecule has 3 amide bonds. The van der Waals surface area contributed by atoms with E-state index in [1.54, 1.807) is 17.0 Å². The van der Waals surface area contributed by atoms with Crippen LogP contribution in [0.3, 0.4) is 0 Å². The Balaban J connectivity index is 0.00000312. The average Bonchev–Trinajstić information content (AvgIpc) is 3.00. The molecular weight excluding hydrogens is 344 g/mol. The van der Waals surface area contributed by atoms with E-state index in [2.05, 4.69) is 16.0 Å². The summed E-state index contributed by atoms with van der Waals surface area (Å²) >= 11 is 0. The summed E-state index contributed by atoms with van der Waals surface area (Å²) in [5.74, 6) is -0.502. The van der Waals surface area contributed by atoms with Crippen molar-refractivity contribution in [3.8, 4) is 0 Å². The third-order valence-corrected chi connectivity index (χ3v) is 4.09. The summed E-state index contributed by atoms with van der Waals surface area (Å²) in [6.45, 7) is 4.47. The lowest BCUT2D eigenvalue weighted by Gasteiger charge is -2.17. The van der Waals surface area contributed by atoms with Gasteiger partial charge in [0.05, 0.1) is 6.54 Å². The second-order valence-electron chi connectivity index (χ2n) is 5.95. The topological polar surface area (TPSA) is 90.5 Å². The molecule has 1 heterocycles. The van der Waals surface area contributed by atoms with E-state index in [0.717, 1.165) is 11.3 Å². The third kappa shape index (κ3) is 5.44. The standard InChI is InChI=1S/C17H24N4O3.ClH/c1-11(18-3)9-20-17(24)14-4-5-15-13(8-14)6-7-21(15)16(23)10-19-12(2)22;/h4-5,8,11,18H,6-7,9-10H2,1-3H3,(H,19,22)(H,20,24);1H. The van der Waals surface area contributed by atoms with Gasteiger partial charge >= 0.3 is 0 Å². The largest absolute Gasteiger partial charge is 0.350 e. The zero-order valence-electron chi connectivity index (χ0n) is 14.7. The third-order valence-electron chi connectivity index (χ3n) is 4.09. The number of amides is 3. The molecule has 0 saturated carbocycles. The summed E-state index contributed by atoms with van der Waals surface area (Å²) in [6, 6.07) is 5.55. The Hall–Kier alpha value is -2.12. The Kier molecular flexibility index (Phi) is 7.86. The first-order valence-electron chi connectivity index (χ1n) is 8.05. The van der Waals surface area contributed by atoms with Gasteiger partial charge in [0.25, 0.3) is 5.91 Å². The SMILES string of the molecule is CNC(C)CNC(=O)c1ccc2c(c1)CCN2C(=O)CNC(C)=O.Cl. The fraction of sp³-hybridized carbons (Fsp3) is 0.471. The summed E-state index contributed by atoms with van der Waals surface area (Å²) in [5.41, 5.74) is 2.37. The molecular formula is C17H25ClN4O3. The fourth-order valence-electron chi connectivity index (χ4n) is 2.55. The lowest BCUT2D eigenvalue weighted by Crippen LogP contribution is -2.38. The van der Waals surface area contributed by atoms with Gasteiger partial charge in [0.2, 0.25) is 11.8 Å². The molecule has 0 aromatic heterocycles. The van der Waals surface area contributed by atoms with E-state index in [-0.39, 0.29) is 42.7 Å². The van der Waals surface area contributed by atoms with Gasteiger partial charge in [-0.1, -0.05) is 0 Å². The van der Waals surface area contributed by atoms with E-state index in [1.165, 1.54) is 6.92 Å². The molecule has 1 aliphatic heterocycles. The van der Waals surface area contributed by atoms with Gasteiger partial charge in [0.1, 0.15) is 0 Å². The maximum Gasteiger partial charge on any atom is 0.251 e. The molecule has 1 aromatic carbocycles. The second-order valence-corrected chi connectivity index (χ2v) is 5.95. The number of nitrogens with one attached hydrogen (secondary N) is 3. The van der Waals surface area contributed by atoms with E-state index in [4.69, 9.17) is 0 Å². The van der Waals surface area contributed by atoms with Crippen LogP contribution in [0.4, 0.5) is 5.69 Å². The molecule has 0 radical (unpaired) electrons. The quantitative estimate of drug-likeness (QED) is 0.681. The van der Waals surface area contributed by atoms with Gasteiger partial charge in [-0.3, -0.25) is 14.4 Å². The van der Waals surface area contributed by atoms with Crippen LogP contribution in [0.25, 0.3) is 0 Å². The number of anilines is 1. The second kappa shape index (κ2) is 9.39.